The Labute approximate surface area is 139 Å². The fourth-order valence-corrected chi connectivity index (χ4v) is 2.75. The van der Waals surface area contributed by atoms with E-state index >= 15 is 0 Å². The number of amides is 2. The molecule has 1 atom stereocenters. The Morgan fingerprint density at radius 3 is 2.96 bits per heavy atom. The molecule has 0 aliphatic carbocycles. The summed E-state index contributed by atoms with van der Waals surface area (Å²) in [6.07, 6.45) is 7.97. The molecule has 2 aromatic rings. The first-order valence-electron chi connectivity index (χ1n) is 7.47. The number of hydrogen-bond acceptors (Lipinski definition) is 4. The maximum Gasteiger partial charge on any atom is 0.251 e. The highest BCUT2D eigenvalue weighted by molar-refractivity contribution is 6.06. The number of carbonyl (C=O) groups is 2. The summed E-state index contributed by atoms with van der Waals surface area (Å²) in [7, 11) is 1.59. The SMILES string of the molecule is C=CC(=O)N1CC=C[C@H]1C(=O)Nc1cncc2c(OC)cccc12. The Bertz CT molecular complexity index is 845. The number of methoxy groups -OCH3 is 1. The molecule has 122 valence electrons. The first kappa shape index (κ1) is 15.7. The lowest BCUT2D eigenvalue weighted by atomic mass is 10.1. The monoisotopic (exact) mass is 323 g/mol. The number of pyridine rings is 1. The van der Waals surface area contributed by atoms with Gasteiger partial charge in [0, 0.05) is 23.5 Å². The molecule has 2 heterocycles. The molecule has 1 N–H and O–H groups in total. The molecule has 24 heavy (non-hydrogen) atoms. The van der Waals surface area contributed by atoms with Gasteiger partial charge in [-0.15, -0.1) is 0 Å². The standard InChI is InChI=1S/C18H17N3O3/c1-3-17(22)21-9-5-7-15(21)18(23)20-14-11-19-10-13-12(14)6-4-8-16(13)24-2/h3-8,10-11,15H,1,9H2,2H3,(H,20,23)/t15-/m0/s1. The minimum atomic E-state index is -0.656. The molecule has 0 saturated heterocycles. The minimum absolute atomic E-state index is 0.280. The molecule has 0 spiro atoms. The minimum Gasteiger partial charge on any atom is -0.496 e. The Hall–Kier alpha value is -3.15. The van der Waals surface area contributed by atoms with Crippen molar-refractivity contribution in [3.05, 3.63) is 55.4 Å². The Morgan fingerprint density at radius 1 is 1.38 bits per heavy atom. The smallest absolute Gasteiger partial charge is 0.251 e. The number of hydrogen-bond donors (Lipinski definition) is 1. The molecule has 6 nitrogen and oxygen atoms in total. The van der Waals surface area contributed by atoms with Crippen LogP contribution in [0.2, 0.25) is 0 Å². The Kier molecular flexibility index (Phi) is 4.29. The molecule has 0 bridgehead atoms. The van der Waals surface area contributed by atoms with Crippen molar-refractivity contribution in [2.75, 3.05) is 19.0 Å². The van der Waals surface area contributed by atoms with Gasteiger partial charge in [-0.05, 0) is 12.1 Å². The fraction of sp³-hybridized carbons (Fsp3) is 0.167. The molecule has 6 heteroatoms. The highest BCUT2D eigenvalue weighted by Gasteiger charge is 2.29. The van der Waals surface area contributed by atoms with Gasteiger partial charge in [0.05, 0.1) is 19.0 Å². The molecule has 1 aromatic carbocycles. The number of anilines is 1. The van der Waals surface area contributed by atoms with Crippen molar-refractivity contribution in [3.63, 3.8) is 0 Å². The number of fused-ring (bicyclic) bond motifs is 1. The van der Waals surface area contributed by atoms with Gasteiger partial charge in [0.1, 0.15) is 11.8 Å². The zero-order valence-electron chi connectivity index (χ0n) is 13.2. The molecule has 0 unspecified atom stereocenters. The zero-order valence-corrected chi connectivity index (χ0v) is 13.2. The van der Waals surface area contributed by atoms with Gasteiger partial charge in [-0.25, -0.2) is 0 Å². The number of ether oxygens (including phenoxy) is 1. The maximum absolute atomic E-state index is 12.6. The molecular weight excluding hydrogens is 306 g/mol. The van der Waals surface area contributed by atoms with Crippen LogP contribution in [0.1, 0.15) is 0 Å². The molecule has 1 aromatic heterocycles. The number of carbonyl (C=O) groups excluding carboxylic acids is 2. The number of rotatable bonds is 4. The van der Waals surface area contributed by atoms with Crippen molar-refractivity contribution >= 4 is 28.3 Å². The van der Waals surface area contributed by atoms with Crippen LogP contribution in [0.5, 0.6) is 5.75 Å². The molecule has 1 aliphatic heterocycles. The van der Waals surface area contributed by atoms with Gasteiger partial charge in [-0.2, -0.15) is 0 Å². The third kappa shape index (κ3) is 2.74. The topological polar surface area (TPSA) is 71.5 Å². The lowest BCUT2D eigenvalue weighted by Crippen LogP contribution is -2.42. The molecule has 1 aliphatic rings. The van der Waals surface area contributed by atoms with Crippen LogP contribution in [-0.2, 0) is 9.59 Å². The van der Waals surface area contributed by atoms with Gasteiger partial charge < -0.3 is 15.0 Å². The normalized spacial score (nSPS) is 16.2. The zero-order chi connectivity index (χ0) is 17.1. The molecule has 0 saturated carbocycles. The average Bonchev–Trinajstić information content (AvgIpc) is 3.10. The fourth-order valence-electron chi connectivity index (χ4n) is 2.75. The van der Waals surface area contributed by atoms with Gasteiger partial charge in [0.2, 0.25) is 5.91 Å². The van der Waals surface area contributed by atoms with Crippen molar-refractivity contribution in [3.8, 4) is 5.75 Å². The largest absolute Gasteiger partial charge is 0.496 e. The highest BCUT2D eigenvalue weighted by atomic mass is 16.5. The summed E-state index contributed by atoms with van der Waals surface area (Å²) >= 11 is 0. The maximum atomic E-state index is 12.6. The molecular formula is C18H17N3O3. The molecule has 2 amide bonds. The highest BCUT2D eigenvalue weighted by Crippen LogP contribution is 2.29. The van der Waals surface area contributed by atoms with Crippen LogP contribution >= 0.6 is 0 Å². The quantitative estimate of drug-likeness (QED) is 0.691. The Morgan fingerprint density at radius 2 is 2.21 bits per heavy atom. The van der Waals surface area contributed by atoms with Crippen LogP contribution in [0.3, 0.4) is 0 Å². The Balaban J connectivity index is 1.90. The van der Waals surface area contributed by atoms with E-state index in [2.05, 4.69) is 16.9 Å². The van der Waals surface area contributed by atoms with E-state index in [0.29, 0.717) is 18.0 Å². The van der Waals surface area contributed by atoms with Crippen molar-refractivity contribution in [2.24, 2.45) is 0 Å². The van der Waals surface area contributed by atoms with Crippen LogP contribution in [0.25, 0.3) is 10.8 Å². The molecule has 0 radical (unpaired) electrons. The van der Waals surface area contributed by atoms with Crippen LogP contribution in [0.15, 0.2) is 55.4 Å². The van der Waals surface area contributed by atoms with E-state index in [9.17, 15) is 9.59 Å². The predicted octanol–water partition coefficient (Wildman–Crippen LogP) is 2.13. The molecule has 0 fully saturated rings. The van der Waals surface area contributed by atoms with Crippen LogP contribution in [0, 0.1) is 0 Å². The number of nitrogens with one attached hydrogen (secondary N) is 1. The van der Waals surface area contributed by atoms with Crippen molar-refractivity contribution in [1.29, 1.82) is 0 Å². The number of aromatic nitrogens is 1. The first-order valence-corrected chi connectivity index (χ1v) is 7.47. The third-order valence-electron chi connectivity index (χ3n) is 3.92. The predicted molar refractivity (Wildman–Crippen MR) is 91.8 cm³/mol. The van der Waals surface area contributed by atoms with E-state index in [-0.39, 0.29) is 11.8 Å². The second kappa shape index (κ2) is 6.54. The van der Waals surface area contributed by atoms with E-state index < -0.39 is 6.04 Å². The first-order chi connectivity index (χ1) is 11.7. The summed E-state index contributed by atoms with van der Waals surface area (Å²) in [5, 5.41) is 4.48. The lowest BCUT2D eigenvalue weighted by Gasteiger charge is -2.22. The lowest BCUT2D eigenvalue weighted by molar-refractivity contribution is -0.131. The van der Waals surface area contributed by atoms with Gasteiger partial charge in [0.15, 0.2) is 0 Å². The summed E-state index contributed by atoms with van der Waals surface area (Å²) < 4.78 is 5.32. The second-order valence-corrected chi connectivity index (χ2v) is 5.30. The third-order valence-corrected chi connectivity index (χ3v) is 3.92. The number of nitrogens with zero attached hydrogens (tertiary/aromatic N) is 2. The summed E-state index contributed by atoms with van der Waals surface area (Å²) in [4.78, 5) is 30.0. The van der Waals surface area contributed by atoms with Crippen molar-refractivity contribution < 1.29 is 14.3 Å². The van der Waals surface area contributed by atoms with E-state index in [1.165, 1.54) is 11.0 Å². The summed E-state index contributed by atoms with van der Waals surface area (Å²) in [5.41, 5.74) is 0.572. The summed E-state index contributed by atoms with van der Waals surface area (Å²) in [5.74, 6) is 0.106. The summed E-state index contributed by atoms with van der Waals surface area (Å²) in [6, 6.07) is 4.91. The van der Waals surface area contributed by atoms with E-state index in [1.807, 2.05) is 18.2 Å². The molecule has 3 rings (SSSR count). The van der Waals surface area contributed by atoms with Crippen LogP contribution in [0.4, 0.5) is 5.69 Å². The average molecular weight is 323 g/mol. The van der Waals surface area contributed by atoms with Gasteiger partial charge in [-0.3, -0.25) is 14.6 Å². The second-order valence-electron chi connectivity index (χ2n) is 5.30. The van der Waals surface area contributed by atoms with E-state index in [1.54, 1.807) is 31.7 Å². The van der Waals surface area contributed by atoms with Gasteiger partial charge >= 0.3 is 0 Å². The summed E-state index contributed by atoms with van der Waals surface area (Å²) in [6.45, 7) is 3.86. The van der Waals surface area contributed by atoms with E-state index in [0.717, 1.165) is 10.8 Å². The van der Waals surface area contributed by atoms with E-state index in [4.69, 9.17) is 4.74 Å². The van der Waals surface area contributed by atoms with Crippen LogP contribution < -0.4 is 10.1 Å². The van der Waals surface area contributed by atoms with Crippen molar-refractivity contribution in [1.82, 2.24) is 9.88 Å². The number of benzene rings is 1. The van der Waals surface area contributed by atoms with Gasteiger partial charge in [0.25, 0.3) is 5.91 Å². The van der Waals surface area contributed by atoms with Crippen molar-refractivity contribution in [2.45, 2.75) is 6.04 Å². The van der Waals surface area contributed by atoms with Gasteiger partial charge in [-0.1, -0.05) is 30.9 Å². The van der Waals surface area contributed by atoms with Crippen LogP contribution in [-0.4, -0.2) is 41.4 Å².